The number of nitrogens with zero attached hydrogens (tertiary/aromatic N) is 5. The van der Waals surface area contributed by atoms with Crippen LogP contribution in [0.3, 0.4) is 0 Å². The van der Waals surface area contributed by atoms with E-state index in [2.05, 4.69) is 26.9 Å². The van der Waals surface area contributed by atoms with Gasteiger partial charge in [0.25, 0.3) is 0 Å². The van der Waals surface area contributed by atoms with Crippen molar-refractivity contribution in [3.8, 4) is 5.75 Å². The highest BCUT2D eigenvalue weighted by molar-refractivity contribution is 5.62. The molecule has 2 heterocycles. The molecule has 3 rings (SSSR count). The Morgan fingerprint density at radius 1 is 1.13 bits per heavy atom. The molecule has 1 spiro atoms. The van der Waals surface area contributed by atoms with Gasteiger partial charge < -0.3 is 14.5 Å². The maximum Gasteiger partial charge on any atom is 0.130 e. The lowest BCUT2D eigenvalue weighted by atomic mass is 9.71. The number of hydrogen-bond donors (Lipinski definition) is 0. The average molecular weight is 315 g/mol. The van der Waals surface area contributed by atoms with Crippen molar-refractivity contribution in [2.45, 2.75) is 25.7 Å². The van der Waals surface area contributed by atoms with Crippen LogP contribution in [0.4, 0.5) is 11.4 Å². The van der Waals surface area contributed by atoms with Crippen molar-refractivity contribution < 1.29 is 4.74 Å². The van der Waals surface area contributed by atoms with E-state index in [1.807, 2.05) is 18.2 Å². The molecule has 124 valence electrons. The third-order valence-corrected chi connectivity index (χ3v) is 5.55. The van der Waals surface area contributed by atoms with Gasteiger partial charge in [0, 0.05) is 29.8 Å². The maximum absolute atomic E-state index is 8.61. The molecule has 23 heavy (non-hydrogen) atoms. The summed E-state index contributed by atoms with van der Waals surface area (Å²) in [5.74, 6) is 0.639. The van der Waals surface area contributed by atoms with Gasteiger partial charge in [0.15, 0.2) is 0 Å². The second kappa shape index (κ2) is 6.69. The van der Waals surface area contributed by atoms with Gasteiger partial charge in [-0.25, -0.2) is 0 Å². The van der Waals surface area contributed by atoms with E-state index in [-0.39, 0.29) is 0 Å². The molecule has 1 aromatic carbocycles. The van der Waals surface area contributed by atoms with E-state index >= 15 is 0 Å². The Morgan fingerprint density at radius 2 is 1.78 bits per heavy atom. The summed E-state index contributed by atoms with van der Waals surface area (Å²) in [5, 5.41) is 3.67. The van der Waals surface area contributed by atoms with Crippen LogP contribution >= 0.6 is 0 Å². The molecule has 1 aromatic rings. The van der Waals surface area contributed by atoms with Crippen molar-refractivity contribution in [1.29, 1.82) is 0 Å². The first-order valence-electron chi connectivity index (χ1n) is 8.32. The zero-order valence-corrected chi connectivity index (χ0v) is 14.0. The Kier molecular flexibility index (Phi) is 4.64. The minimum Gasteiger partial charge on any atom is -0.496 e. The Labute approximate surface area is 137 Å². The highest BCUT2D eigenvalue weighted by Crippen LogP contribution is 2.42. The first-order valence-corrected chi connectivity index (χ1v) is 8.32. The molecule has 2 aliphatic rings. The van der Waals surface area contributed by atoms with Crippen LogP contribution < -0.4 is 9.64 Å². The van der Waals surface area contributed by atoms with E-state index in [1.165, 1.54) is 38.8 Å². The summed E-state index contributed by atoms with van der Waals surface area (Å²) in [6.45, 7) is 4.64. The smallest absolute Gasteiger partial charge is 0.130 e. The van der Waals surface area contributed by atoms with Gasteiger partial charge in [-0.2, -0.15) is 0 Å². The number of rotatable bonds is 3. The Morgan fingerprint density at radius 3 is 2.39 bits per heavy atom. The van der Waals surface area contributed by atoms with Crippen LogP contribution in [0.15, 0.2) is 23.3 Å². The molecule has 6 heteroatoms. The molecule has 6 nitrogen and oxygen atoms in total. The second-order valence-corrected chi connectivity index (χ2v) is 6.84. The van der Waals surface area contributed by atoms with Gasteiger partial charge in [-0.15, -0.1) is 0 Å². The molecular formula is C17H25N5O. The molecule has 0 N–H and O–H groups in total. The summed E-state index contributed by atoms with van der Waals surface area (Å²) < 4.78 is 5.35. The standard InChI is InChI=1S/C17H25N5O/c1-21-9-5-17(6-10-21)7-11-22(12-8-17)14-3-4-15(19-20-18)16(13-14)23-2/h3-4,13H,5-12H2,1-2H3. The monoisotopic (exact) mass is 315 g/mol. The topological polar surface area (TPSA) is 64.5 Å². The highest BCUT2D eigenvalue weighted by atomic mass is 16.5. The summed E-state index contributed by atoms with van der Waals surface area (Å²) in [6, 6.07) is 5.85. The fourth-order valence-corrected chi connectivity index (χ4v) is 3.83. The zero-order valence-electron chi connectivity index (χ0n) is 14.0. The van der Waals surface area contributed by atoms with Gasteiger partial charge in [-0.3, -0.25) is 0 Å². The fourth-order valence-electron chi connectivity index (χ4n) is 3.83. The van der Waals surface area contributed by atoms with Crippen LogP contribution in [0, 0.1) is 5.41 Å². The van der Waals surface area contributed by atoms with Gasteiger partial charge >= 0.3 is 0 Å². The number of methoxy groups -OCH3 is 1. The number of piperidine rings is 2. The lowest BCUT2D eigenvalue weighted by Crippen LogP contribution is -2.46. The number of azide groups is 1. The van der Waals surface area contributed by atoms with Crippen molar-refractivity contribution >= 4 is 11.4 Å². The predicted octanol–water partition coefficient (Wildman–Crippen LogP) is 3.95. The molecule has 0 atom stereocenters. The summed E-state index contributed by atoms with van der Waals surface area (Å²) in [5.41, 5.74) is 10.9. The molecule has 0 saturated carbocycles. The fraction of sp³-hybridized carbons (Fsp3) is 0.647. The normalized spacial score (nSPS) is 21.0. The minimum atomic E-state index is 0.544. The Bertz CT molecular complexity index is 593. The van der Waals surface area contributed by atoms with Gasteiger partial charge in [0.2, 0.25) is 0 Å². The Hall–Kier alpha value is -1.91. The summed E-state index contributed by atoms with van der Waals surface area (Å²) in [7, 11) is 3.83. The number of anilines is 1. The molecule has 2 fully saturated rings. The van der Waals surface area contributed by atoms with Crippen molar-refractivity contribution in [3.05, 3.63) is 28.6 Å². The Balaban J connectivity index is 1.69. The van der Waals surface area contributed by atoms with Crippen molar-refractivity contribution in [1.82, 2.24) is 4.90 Å². The highest BCUT2D eigenvalue weighted by Gasteiger charge is 2.36. The third-order valence-electron chi connectivity index (χ3n) is 5.55. The molecule has 0 aliphatic carbocycles. The average Bonchev–Trinajstić information content (AvgIpc) is 2.59. The number of likely N-dealkylation sites (tertiary alicyclic amines) is 1. The molecular weight excluding hydrogens is 290 g/mol. The molecule has 2 aliphatic heterocycles. The summed E-state index contributed by atoms with van der Waals surface area (Å²) >= 11 is 0. The molecule has 0 radical (unpaired) electrons. The first-order chi connectivity index (χ1) is 11.2. The second-order valence-electron chi connectivity index (χ2n) is 6.84. The maximum atomic E-state index is 8.61. The van der Waals surface area contributed by atoms with Crippen molar-refractivity contribution in [3.63, 3.8) is 0 Å². The summed E-state index contributed by atoms with van der Waals surface area (Å²) in [6.07, 6.45) is 5.19. The van der Waals surface area contributed by atoms with Crippen LogP contribution in [0.5, 0.6) is 5.75 Å². The number of ether oxygens (including phenoxy) is 1. The van der Waals surface area contributed by atoms with E-state index in [0.29, 0.717) is 16.9 Å². The molecule has 0 unspecified atom stereocenters. The van der Waals surface area contributed by atoms with Gasteiger partial charge in [0.1, 0.15) is 5.75 Å². The lowest BCUT2D eigenvalue weighted by Gasteiger charge is -2.46. The van der Waals surface area contributed by atoms with Crippen LogP contribution in [0.2, 0.25) is 0 Å². The van der Waals surface area contributed by atoms with Gasteiger partial charge in [-0.1, -0.05) is 5.11 Å². The zero-order chi connectivity index (χ0) is 16.3. The quantitative estimate of drug-likeness (QED) is 0.482. The van der Waals surface area contributed by atoms with E-state index in [0.717, 1.165) is 18.8 Å². The minimum absolute atomic E-state index is 0.544. The van der Waals surface area contributed by atoms with Crippen LogP contribution in [0.25, 0.3) is 10.4 Å². The van der Waals surface area contributed by atoms with E-state index in [9.17, 15) is 0 Å². The predicted molar refractivity (Wildman–Crippen MR) is 92.4 cm³/mol. The number of benzene rings is 1. The SMILES string of the molecule is COc1cc(N2CCC3(CCN(C)CC3)CC2)ccc1N=[N+]=[N-]. The molecule has 0 aromatic heterocycles. The third kappa shape index (κ3) is 3.38. The van der Waals surface area contributed by atoms with Crippen LogP contribution in [-0.2, 0) is 0 Å². The lowest BCUT2D eigenvalue weighted by molar-refractivity contribution is 0.0945. The first kappa shape index (κ1) is 16.0. The van der Waals surface area contributed by atoms with Gasteiger partial charge in [0.05, 0.1) is 12.8 Å². The molecule has 2 saturated heterocycles. The molecule has 0 bridgehead atoms. The number of hydrogen-bond acceptors (Lipinski definition) is 4. The van der Waals surface area contributed by atoms with Crippen LogP contribution in [-0.4, -0.2) is 45.2 Å². The summed E-state index contributed by atoms with van der Waals surface area (Å²) in [4.78, 5) is 7.71. The van der Waals surface area contributed by atoms with E-state index < -0.39 is 0 Å². The van der Waals surface area contributed by atoms with Crippen molar-refractivity contribution in [2.75, 3.05) is 45.2 Å². The van der Waals surface area contributed by atoms with E-state index in [4.69, 9.17) is 10.3 Å². The van der Waals surface area contributed by atoms with E-state index in [1.54, 1.807) is 7.11 Å². The van der Waals surface area contributed by atoms with Gasteiger partial charge in [-0.05, 0) is 68.9 Å². The largest absolute Gasteiger partial charge is 0.496 e. The van der Waals surface area contributed by atoms with Crippen LogP contribution in [0.1, 0.15) is 25.7 Å². The molecule has 0 amide bonds. The van der Waals surface area contributed by atoms with Crippen molar-refractivity contribution in [2.24, 2.45) is 10.5 Å².